The van der Waals surface area contributed by atoms with E-state index in [0.29, 0.717) is 29.6 Å². The molecule has 0 saturated carbocycles. The van der Waals surface area contributed by atoms with Gasteiger partial charge < -0.3 is 4.42 Å². The molecule has 27 heavy (non-hydrogen) atoms. The Bertz CT molecular complexity index is 1020. The summed E-state index contributed by atoms with van der Waals surface area (Å²) in [5.41, 5.74) is 1.52. The van der Waals surface area contributed by atoms with Gasteiger partial charge in [0.05, 0.1) is 17.0 Å². The van der Waals surface area contributed by atoms with E-state index in [-0.39, 0.29) is 11.8 Å². The second-order valence-corrected chi connectivity index (χ2v) is 8.49. The number of benzene rings is 1. The fourth-order valence-corrected chi connectivity index (χ4v) is 4.66. The Morgan fingerprint density at radius 1 is 1.15 bits per heavy atom. The molecular weight excluding hydrogens is 366 g/mol. The van der Waals surface area contributed by atoms with Gasteiger partial charge in [-0.2, -0.15) is 4.31 Å². The minimum Gasteiger partial charge on any atom is -0.419 e. The molecule has 0 amide bonds. The molecule has 1 atom stereocenters. The van der Waals surface area contributed by atoms with Crippen LogP contribution in [-0.2, 0) is 10.0 Å². The summed E-state index contributed by atoms with van der Waals surface area (Å²) >= 11 is 0. The molecule has 4 rings (SSSR count). The first-order valence-corrected chi connectivity index (χ1v) is 10.1. The molecule has 3 aromatic rings. The first-order valence-electron chi connectivity index (χ1n) is 8.70. The Morgan fingerprint density at radius 3 is 2.70 bits per heavy atom. The predicted octanol–water partition coefficient (Wildman–Crippen LogP) is 2.40. The second kappa shape index (κ2) is 7.16. The van der Waals surface area contributed by atoms with Gasteiger partial charge in [0, 0.05) is 25.5 Å². The number of hydrogen-bond donors (Lipinski definition) is 0. The minimum atomic E-state index is -3.54. The average molecular weight is 385 g/mol. The largest absolute Gasteiger partial charge is 0.419 e. The molecule has 2 aromatic heterocycles. The number of aryl methyl sites for hydroxylation is 1. The maximum Gasteiger partial charge on any atom is 0.267 e. The number of aromatic nitrogens is 4. The fraction of sp³-hybridized carbons (Fsp3) is 0.333. The van der Waals surface area contributed by atoms with E-state index in [9.17, 15) is 8.42 Å². The van der Waals surface area contributed by atoms with Gasteiger partial charge in [-0.3, -0.25) is 4.98 Å². The first kappa shape index (κ1) is 17.7. The van der Waals surface area contributed by atoms with E-state index in [4.69, 9.17) is 4.42 Å². The lowest BCUT2D eigenvalue weighted by atomic mass is 10.00. The topological polar surface area (TPSA) is 102 Å². The Morgan fingerprint density at radius 2 is 1.96 bits per heavy atom. The van der Waals surface area contributed by atoms with Gasteiger partial charge >= 0.3 is 0 Å². The van der Waals surface area contributed by atoms with E-state index in [1.165, 1.54) is 4.31 Å². The smallest absolute Gasteiger partial charge is 0.267 e. The van der Waals surface area contributed by atoms with Crippen molar-refractivity contribution in [3.63, 3.8) is 0 Å². The molecule has 1 fully saturated rings. The van der Waals surface area contributed by atoms with E-state index in [1.807, 2.05) is 6.92 Å². The molecular formula is C18H19N5O3S. The van der Waals surface area contributed by atoms with Gasteiger partial charge in [-0.25, -0.2) is 13.4 Å². The van der Waals surface area contributed by atoms with Crippen molar-refractivity contribution < 1.29 is 12.8 Å². The third-order valence-corrected chi connectivity index (χ3v) is 6.49. The highest BCUT2D eigenvalue weighted by atomic mass is 32.2. The second-order valence-electron chi connectivity index (χ2n) is 6.55. The van der Waals surface area contributed by atoms with Gasteiger partial charge in [-0.15, -0.1) is 10.2 Å². The highest BCUT2D eigenvalue weighted by molar-refractivity contribution is 7.89. The van der Waals surface area contributed by atoms with Crippen molar-refractivity contribution in [2.45, 2.75) is 30.6 Å². The van der Waals surface area contributed by atoms with Crippen LogP contribution < -0.4 is 0 Å². The van der Waals surface area contributed by atoms with Crippen LogP contribution in [0, 0.1) is 6.92 Å². The Balaban J connectivity index is 1.55. The lowest BCUT2D eigenvalue weighted by molar-refractivity contribution is 0.286. The zero-order chi connectivity index (χ0) is 18.9. The predicted molar refractivity (Wildman–Crippen MR) is 97.2 cm³/mol. The number of nitrogens with zero attached hydrogens (tertiary/aromatic N) is 5. The van der Waals surface area contributed by atoms with Gasteiger partial charge in [0.1, 0.15) is 5.69 Å². The van der Waals surface area contributed by atoms with Crippen molar-refractivity contribution in [2.75, 3.05) is 13.1 Å². The molecule has 0 spiro atoms. The van der Waals surface area contributed by atoms with Crippen LogP contribution in [0.2, 0.25) is 0 Å². The molecule has 1 aliphatic heterocycles. The number of hydrogen-bond acceptors (Lipinski definition) is 7. The van der Waals surface area contributed by atoms with Gasteiger partial charge in [0.2, 0.25) is 15.9 Å². The number of rotatable bonds is 4. The van der Waals surface area contributed by atoms with Gasteiger partial charge in [-0.05, 0) is 31.9 Å². The van der Waals surface area contributed by atoms with E-state index in [2.05, 4.69) is 20.2 Å². The molecule has 9 heteroatoms. The number of piperidine rings is 1. The first-order chi connectivity index (χ1) is 13.0. The fourth-order valence-electron chi connectivity index (χ4n) is 3.13. The molecule has 0 radical (unpaired) electrons. The van der Waals surface area contributed by atoms with Gasteiger partial charge in [0.25, 0.3) is 5.89 Å². The Hall–Kier alpha value is -2.65. The lowest BCUT2D eigenvalue weighted by Crippen LogP contribution is -2.39. The third-order valence-electron chi connectivity index (χ3n) is 4.62. The molecule has 8 nitrogen and oxygen atoms in total. The lowest BCUT2D eigenvalue weighted by Gasteiger charge is -2.30. The molecule has 0 bridgehead atoms. The molecule has 3 heterocycles. The van der Waals surface area contributed by atoms with Crippen molar-refractivity contribution in [1.82, 2.24) is 24.5 Å². The van der Waals surface area contributed by atoms with Crippen LogP contribution in [0.4, 0.5) is 0 Å². The highest BCUT2D eigenvalue weighted by Crippen LogP contribution is 2.30. The van der Waals surface area contributed by atoms with Crippen LogP contribution in [0.1, 0.15) is 30.2 Å². The van der Waals surface area contributed by atoms with Crippen LogP contribution in [-0.4, -0.2) is 46.0 Å². The van der Waals surface area contributed by atoms with E-state index in [1.54, 1.807) is 42.9 Å². The maximum atomic E-state index is 12.9. The van der Waals surface area contributed by atoms with E-state index in [0.717, 1.165) is 18.4 Å². The van der Waals surface area contributed by atoms with Crippen LogP contribution >= 0.6 is 0 Å². The van der Waals surface area contributed by atoms with Crippen LogP contribution in [0.25, 0.3) is 11.6 Å². The number of sulfonamides is 1. The molecule has 1 aliphatic rings. The highest BCUT2D eigenvalue weighted by Gasteiger charge is 2.33. The molecule has 0 N–H and O–H groups in total. The summed E-state index contributed by atoms with van der Waals surface area (Å²) in [4.78, 5) is 8.44. The standard InChI is InChI=1S/C18H19N5O3S/c1-13-4-6-15(7-5-13)27(24,25)23-10-2-3-14(12-23)17-21-22-18(26-17)16-11-19-8-9-20-16/h4-9,11,14H,2-3,10,12H2,1H3/t14-/m1/s1. The summed E-state index contributed by atoms with van der Waals surface area (Å²) in [6.07, 6.45) is 6.19. The summed E-state index contributed by atoms with van der Waals surface area (Å²) in [7, 11) is -3.54. The van der Waals surface area contributed by atoms with Gasteiger partial charge in [0.15, 0.2) is 0 Å². The summed E-state index contributed by atoms with van der Waals surface area (Å²) in [5, 5.41) is 8.14. The summed E-state index contributed by atoms with van der Waals surface area (Å²) in [5.74, 6) is 0.577. The molecule has 140 valence electrons. The van der Waals surface area contributed by atoms with E-state index < -0.39 is 10.0 Å². The Labute approximate surface area is 157 Å². The summed E-state index contributed by atoms with van der Waals surface area (Å²) in [6, 6.07) is 6.90. The SMILES string of the molecule is Cc1ccc(S(=O)(=O)N2CCC[C@@H](c3nnc(-c4cnccn4)o3)C2)cc1. The van der Waals surface area contributed by atoms with Crippen molar-refractivity contribution in [3.05, 3.63) is 54.3 Å². The third kappa shape index (κ3) is 3.60. The quantitative estimate of drug-likeness (QED) is 0.679. The zero-order valence-electron chi connectivity index (χ0n) is 14.8. The molecule has 1 aromatic carbocycles. The van der Waals surface area contributed by atoms with Crippen molar-refractivity contribution in [3.8, 4) is 11.6 Å². The van der Waals surface area contributed by atoms with Crippen LogP contribution in [0.15, 0.2) is 52.2 Å². The van der Waals surface area contributed by atoms with Crippen LogP contribution in [0.3, 0.4) is 0 Å². The van der Waals surface area contributed by atoms with Crippen molar-refractivity contribution >= 4 is 10.0 Å². The summed E-state index contributed by atoms with van der Waals surface area (Å²) < 4.78 is 33.1. The van der Waals surface area contributed by atoms with Crippen LogP contribution in [0.5, 0.6) is 0 Å². The normalized spacial score (nSPS) is 18.5. The zero-order valence-corrected chi connectivity index (χ0v) is 15.6. The molecule has 0 unspecified atom stereocenters. The Kier molecular flexibility index (Phi) is 4.71. The van der Waals surface area contributed by atoms with Crippen molar-refractivity contribution in [2.24, 2.45) is 0 Å². The van der Waals surface area contributed by atoms with E-state index >= 15 is 0 Å². The summed E-state index contributed by atoms with van der Waals surface area (Å²) in [6.45, 7) is 2.73. The molecule has 1 saturated heterocycles. The van der Waals surface area contributed by atoms with Gasteiger partial charge in [-0.1, -0.05) is 17.7 Å². The monoisotopic (exact) mass is 385 g/mol. The molecule has 0 aliphatic carbocycles. The maximum absolute atomic E-state index is 12.9. The minimum absolute atomic E-state index is 0.142. The van der Waals surface area contributed by atoms with Crippen molar-refractivity contribution in [1.29, 1.82) is 0 Å². The average Bonchev–Trinajstić information content (AvgIpc) is 3.19.